The summed E-state index contributed by atoms with van der Waals surface area (Å²) in [4.78, 5) is 27.0. The highest BCUT2D eigenvalue weighted by Gasteiger charge is 2.45. The minimum Gasteiger partial charge on any atom is -0.450 e. The molecule has 0 radical (unpaired) electrons. The quantitative estimate of drug-likeness (QED) is 0.342. The third kappa shape index (κ3) is 3.58. The molecule has 5 aromatic rings. The van der Waals surface area contributed by atoms with Crippen LogP contribution in [0.5, 0.6) is 0 Å². The second-order valence-corrected chi connectivity index (χ2v) is 10.0. The second-order valence-electron chi connectivity index (χ2n) is 10.0. The van der Waals surface area contributed by atoms with Crippen LogP contribution < -0.4 is 0 Å². The van der Waals surface area contributed by atoms with Crippen LogP contribution in [-0.4, -0.2) is 54.2 Å². The van der Waals surface area contributed by atoms with E-state index >= 15 is 0 Å². The van der Waals surface area contributed by atoms with Crippen LogP contribution in [0.25, 0.3) is 38.9 Å². The molecule has 2 aliphatic rings. The molecule has 37 heavy (non-hydrogen) atoms. The van der Waals surface area contributed by atoms with Gasteiger partial charge in [0.15, 0.2) is 5.65 Å². The summed E-state index contributed by atoms with van der Waals surface area (Å²) in [7, 11) is 0. The van der Waals surface area contributed by atoms with Gasteiger partial charge in [0.05, 0.1) is 12.2 Å². The van der Waals surface area contributed by atoms with E-state index in [4.69, 9.17) is 14.8 Å². The van der Waals surface area contributed by atoms with E-state index in [1.54, 1.807) is 12.4 Å². The summed E-state index contributed by atoms with van der Waals surface area (Å²) < 4.78 is 7.40. The fourth-order valence-corrected chi connectivity index (χ4v) is 6.37. The van der Waals surface area contributed by atoms with Gasteiger partial charge in [0.25, 0.3) is 0 Å². The number of benzene rings is 1. The average Bonchev–Trinajstić information content (AvgIpc) is 3.62. The Kier molecular flexibility index (Phi) is 5.20. The molecule has 7 rings (SSSR count). The van der Waals surface area contributed by atoms with Gasteiger partial charge in [-0.25, -0.2) is 14.3 Å². The molecular weight excluding hydrogens is 464 g/mol. The van der Waals surface area contributed by atoms with Gasteiger partial charge in [0.1, 0.15) is 5.69 Å². The Morgan fingerprint density at radius 1 is 1.03 bits per heavy atom. The first-order chi connectivity index (χ1) is 18.2. The van der Waals surface area contributed by atoms with Gasteiger partial charge in [0, 0.05) is 59.6 Å². The van der Waals surface area contributed by atoms with Crippen molar-refractivity contribution < 1.29 is 9.53 Å². The number of fused-ring (bicyclic) bond motifs is 4. The van der Waals surface area contributed by atoms with Crippen molar-refractivity contribution >= 4 is 22.6 Å². The standard InChI is InChI=1S/C29H28N6O2/c1-2-37-29(36)34-22-5-6-23(34)16-21(15-22)25-10-14-32-28-26(20-4-3-18-9-13-31-24(18)17-20)27(33-35(25)28)19-7-11-30-12-8-19/h3-4,7-14,17,21-23,31H,2,5-6,15-16H2,1H3. The predicted molar refractivity (Wildman–Crippen MR) is 141 cm³/mol. The van der Waals surface area contributed by atoms with Gasteiger partial charge >= 0.3 is 6.09 Å². The zero-order valence-electron chi connectivity index (χ0n) is 20.7. The highest BCUT2D eigenvalue weighted by molar-refractivity contribution is 5.94. The molecule has 2 fully saturated rings. The van der Waals surface area contributed by atoms with Crippen LogP contribution in [-0.2, 0) is 4.74 Å². The van der Waals surface area contributed by atoms with Crippen LogP contribution in [0.1, 0.15) is 44.2 Å². The largest absolute Gasteiger partial charge is 0.450 e. The number of hydrogen-bond donors (Lipinski definition) is 1. The fraction of sp³-hybridized carbons (Fsp3) is 0.310. The molecule has 2 saturated heterocycles. The molecule has 0 saturated carbocycles. The second kappa shape index (κ2) is 8.73. The van der Waals surface area contributed by atoms with Crippen molar-refractivity contribution in [2.24, 2.45) is 0 Å². The lowest BCUT2D eigenvalue weighted by atomic mass is 9.88. The van der Waals surface area contributed by atoms with E-state index in [9.17, 15) is 4.79 Å². The first-order valence-electron chi connectivity index (χ1n) is 13.0. The van der Waals surface area contributed by atoms with Gasteiger partial charge in [-0.2, -0.15) is 5.10 Å². The van der Waals surface area contributed by atoms with E-state index in [1.807, 2.05) is 40.9 Å². The molecular formula is C29H28N6O2. The monoisotopic (exact) mass is 492 g/mol. The first-order valence-corrected chi connectivity index (χ1v) is 13.0. The number of amides is 1. The van der Waals surface area contributed by atoms with E-state index < -0.39 is 0 Å². The molecule has 1 N–H and O–H groups in total. The van der Waals surface area contributed by atoms with E-state index in [0.29, 0.717) is 6.61 Å². The van der Waals surface area contributed by atoms with Gasteiger partial charge in [-0.1, -0.05) is 12.1 Å². The molecule has 2 atom stereocenters. The minimum atomic E-state index is -0.172. The maximum absolute atomic E-state index is 12.6. The lowest BCUT2D eigenvalue weighted by Gasteiger charge is -2.38. The average molecular weight is 493 g/mol. The zero-order chi connectivity index (χ0) is 24.9. The number of H-pyrrole nitrogens is 1. The third-order valence-corrected chi connectivity index (χ3v) is 7.98. The van der Waals surface area contributed by atoms with E-state index in [0.717, 1.165) is 64.9 Å². The van der Waals surface area contributed by atoms with Crippen molar-refractivity contribution in [3.8, 4) is 22.4 Å². The molecule has 2 bridgehead atoms. The summed E-state index contributed by atoms with van der Waals surface area (Å²) in [6.45, 7) is 2.27. The summed E-state index contributed by atoms with van der Waals surface area (Å²) in [6, 6.07) is 15.0. The molecule has 2 aliphatic heterocycles. The number of pyridine rings is 1. The number of nitrogens with one attached hydrogen (secondary N) is 1. The number of ether oxygens (including phenoxy) is 1. The number of nitrogens with zero attached hydrogens (tertiary/aromatic N) is 5. The van der Waals surface area contributed by atoms with Crippen molar-refractivity contribution in [2.75, 3.05) is 6.61 Å². The highest BCUT2D eigenvalue weighted by atomic mass is 16.6. The third-order valence-electron chi connectivity index (χ3n) is 7.98. The molecule has 186 valence electrons. The summed E-state index contributed by atoms with van der Waals surface area (Å²) in [5, 5.41) is 6.34. The van der Waals surface area contributed by atoms with Gasteiger partial charge in [0.2, 0.25) is 0 Å². The van der Waals surface area contributed by atoms with Gasteiger partial charge in [-0.3, -0.25) is 4.98 Å². The highest BCUT2D eigenvalue weighted by Crippen LogP contribution is 2.44. The van der Waals surface area contributed by atoms with Crippen molar-refractivity contribution in [3.05, 3.63) is 72.9 Å². The van der Waals surface area contributed by atoms with Crippen LogP contribution in [0.2, 0.25) is 0 Å². The maximum atomic E-state index is 12.6. The molecule has 4 aromatic heterocycles. The van der Waals surface area contributed by atoms with Gasteiger partial charge in [-0.05, 0) is 73.9 Å². The summed E-state index contributed by atoms with van der Waals surface area (Å²) in [5.41, 5.74) is 7.04. The van der Waals surface area contributed by atoms with E-state index in [1.165, 1.54) is 5.39 Å². The number of carbonyl (C=O) groups excluding carboxylic acids is 1. The van der Waals surface area contributed by atoms with E-state index in [2.05, 4.69) is 40.3 Å². The lowest BCUT2D eigenvalue weighted by Crippen LogP contribution is -2.46. The number of rotatable bonds is 4. The summed E-state index contributed by atoms with van der Waals surface area (Å²) >= 11 is 0. The van der Waals surface area contributed by atoms with Gasteiger partial charge < -0.3 is 14.6 Å². The van der Waals surface area contributed by atoms with Gasteiger partial charge in [-0.15, -0.1) is 0 Å². The summed E-state index contributed by atoms with van der Waals surface area (Å²) in [6.07, 6.45) is 11.2. The first kappa shape index (κ1) is 22.0. The number of carbonyl (C=O) groups is 1. The van der Waals surface area contributed by atoms with Crippen LogP contribution in [0.4, 0.5) is 4.79 Å². The number of piperidine rings is 1. The topological polar surface area (TPSA) is 88.4 Å². The van der Waals surface area contributed by atoms with Crippen LogP contribution in [0, 0.1) is 0 Å². The van der Waals surface area contributed by atoms with Crippen molar-refractivity contribution in [3.63, 3.8) is 0 Å². The molecule has 1 aromatic carbocycles. The van der Waals surface area contributed by atoms with Crippen LogP contribution >= 0.6 is 0 Å². The number of hydrogen-bond acceptors (Lipinski definition) is 5. The number of aromatic amines is 1. The van der Waals surface area contributed by atoms with E-state index in [-0.39, 0.29) is 24.1 Å². The Balaban J connectivity index is 1.35. The SMILES string of the molecule is CCOC(=O)N1C2CCC1CC(c1ccnc3c(-c4ccc5cc[nH]c5c4)c(-c4ccncc4)nn13)C2. The summed E-state index contributed by atoms with van der Waals surface area (Å²) in [5.74, 6) is 0.289. The maximum Gasteiger partial charge on any atom is 0.410 e. The molecule has 0 aliphatic carbocycles. The number of aromatic nitrogens is 5. The lowest BCUT2D eigenvalue weighted by molar-refractivity contribution is 0.0685. The zero-order valence-corrected chi connectivity index (χ0v) is 20.7. The van der Waals surface area contributed by atoms with Crippen molar-refractivity contribution in [1.82, 2.24) is 29.5 Å². The molecule has 6 heterocycles. The normalized spacial score (nSPS) is 21.1. The Bertz CT molecular complexity index is 1590. The predicted octanol–water partition coefficient (Wildman–Crippen LogP) is 5.81. The van der Waals surface area contributed by atoms with Crippen molar-refractivity contribution in [1.29, 1.82) is 0 Å². The molecule has 2 unspecified atom stereocenters. The fourth-order valence-electron chi connectivity index (χ4n) is 6.37. The van der Waals surface area contributed by atoms with Crippen molar-refractivity contribution in [2.45, 2.75) is 50.6 Å². The molecule has 0 spiro atoms. The Labute approximate surface area is 214 Å². The Morgan fingerprint density at radius 2 is 1.84 bits per heavy atom. The van der Waals surface area contributed by atoms with Crippen LogP contribution in [0.3, 0.4) is 0 Å². The minimum absolute atomic E-state index is 0.172. The molecule has 8 heteroatoms. The smallest absolute Gasteiger partial charge is 0.410 e. The van der Waals surface area contributed by atoms with Crippen LogP contribution in [0.15, 0.2) is 67.3 Å². The Morgan fingerprint density at radius 3 is 2.62 bits per heavy atom. The molecule has 8 nitrogen and oxygen atoms in total. The molecule has 1 amide bonds. The Hall–Kier alpha value is -4.20.